The van der Waals surface area contributed by atoms with E-state index >= 15 is 0 Å². The van der Waals surface area contributed by atoms with Crippen LogP contribution >= 0.6 is 0 Å². The summed E-state index contributed by atoms with van der Waals surface area (Å²) in [6.07, 6.45) is 10.6. The van der Waals surface area contributed by atoms with Gasteiger partial charge in [-0.2, -0.15) is 0 Å². The maximum Gasteiger partial charge on any atom is 0.350 e. The van der Waals surface area contributed by atoms with Gasteiger partial charge in [0, 0.05) is 23.6 Å². The van der Waals surface area contributed by atoms with Crippen molar-refractivity contribution in [2.75, 3.05) is 11.9 Å². The Balaban J connectivity index is 1.61. The Morgan fingerprint density at radius 2 is 2.03 bits per heavy atom. The number of anilines is 1. The number of nitrogens with one attached hydrogen (secondary N) is 3. The van der Waals surface area contributed by atoms with Crippen LogP contribution in [0.2, 0.25) is 0 Å². The highest BCUT2D eigenvalue weighted by atomic mass is 16.5. The highest BCUT2D eigenvalue weighted by Gasteiger charge is 2.24. The number of nitrogen functional groups attached to an aromatic ring is 1. The van der Waals surface area contributed by atoms with Gasteiger partial charge in [-0.25, -0.2) is 14.8 Å². The molecular weight excluding hydrogens is 444 g/mol. The monoisotopic (exact) mass is 466 g/mol. The molecule has 5 rings (SSSR count). The summed E-state index contributed by atoms with van der Waals surface area (Å²) in [6, 6.07) is 12.1. The minimum Gasteiger partial charge on any atom is -0.492 e. The van der Waals surface area contributed by atoms with Crippen LogP contribution in [0.15, 0.2) is 59.7 Å². The van der Waals surface area contributed by atoms with Gasteiger partial charge in [0.15, 0.2) is 5.82 Å². The molecule has 1 aliphatic rings. The molecule has 0 saturated carbocycles. The Morgan fingerprint density at radius 1 is 1.26 bits per heavy atom. The van der Waals surface area contributed by atoms with Crippen LogP contribution in [0.4, 0.5) is 5.69 Å². The van der Waals surface area contributed by atoms with Crippen molar-refractivity contribution in [1.82, 2.24) is 24.7 Å². The molecule has 2 aromatic carbocycles. The molecule has 0 amide bonds. The molecule has 1 aliphatic heterocycles. The number of aryl methyl sites for hydroxylation is 1. The summed E-state index contributed by atoms with van der Waals surface area (Å²) in [6.45, 7) is 0.625. The van der Waals surface area contributed by atoms with E-state index in [1.807, 2.05) is 24.3 Å². The van der Waals surface area contributed by atoms with Gasteiger partial charge < -0.3 is 15.8 Å². The number of terminal acetylenes is 1. The molecule has 10 heteroatoms. The van der Waals surface area contributed by atoms with Crippen LogP contribution < -0.4 is 21.5 Å². The summed E-state index contributed by atoms with van der Waals surface area (Å²) in [7, 11) is 0. The molecule has 35 heavy (non-hydrogen) atoms. The minimum absolute atomic E-state index is 0.0209. The van der Waals surface area contributed by atoms with Gasteiger partial charge in [0.1, 0.15) is 17.6 Å². The van der Waals surface area contributed by atoms with E-state index in [0.29, 0.717) is 23.6 Å². The zero-order chi connectivity index (χ0) is 24.4. The number of H-pyrrole nitrogens is 1. The number of rotatable bonds is 6. The topological polar surface area (TPSA) is 148 Å². The molecule has 2 aromatic heterocycles. The van der Waals surface area contributed by atoms with Crippen molar-refractivity contribution in [3.05, 3.63) is 93.4 Å². The number of ether oxygens (including phenoxy) is 1. The first kappa shape index (κ1) is 21.9. The maximum atomic E-state index is 12.8. The summed E-state index contributed by atoms with van der Waals surface area (Å²) in [4.78, 5) is 23.8. The largest absolute Gasteiger partial charge is 0.492 e. The second kappa shape index (κ2) is 9.15. The van der Waals surface area contributed by atoms with Crippen molar-refractivity contribution in [3.63, 3.8) is 0 Å². The minimum atomic E-state index is -0.560. The highest BCUT2D eigenvalue weighted by molar-refractivity contribution is 5.95. The predicted octanol–water partition coefficient (Wildman–Crippen LogP) is 2.14. The summed E-state index contributed by atoms with van der Waals surface area (Å²) >= 11 is 0. The highest BCUT2D eigenvalue weighted by Crippen LogP contribution is 2.34. The van der Waals surface area contributed by atoms with Crippen molar-refractivity contribution in [1.29, 1.82) is 5.41 Å². The molecule has 1 unspecified atom stereocenters. The molecule has 4 aromatic rings. The second-order valence-electron chi connectivity index (χ2n) is 8.00. The molecular formula is C25H22N8O2. The first-order valence-corrected chi connectivity index (χ1v) is 11.0. The lowest BCUT2D eigenvalue weighted by molar-refractivity contribution is 0.287. The van der Waals surface area contributed by atoms with Crippen LogP contribution in [0, 0.1) is 17.8 Å². The first-order valence-electron chi connectivity index (χ1n) is 11.0. The third kappa shape index (κ3) is 4.35. The van der Waals surface area contributed by atoms with Gasteiger partial charge in [0.05, 0.1) is 12.2 Å². The van der Waals surface area contributed by atoms with Crippen LogP contribution in [0.3, 0.4) is 0 Å². The van der Waals surface area contributed by atoms with E-state index in [2.05, 4.69) is 31.3 Å². The Morgan fingerprint density at radius 3 is 2.74 bits per heavy atom. The Labute approximate surface area is 200 Å². The molecule has 0 saturated heterocycles. The molecule has 0 aliphatic carbocycles. The summed E-state index contributed by atoms with van der Waals surface area (Å²) in [5.41, 5.74) is 8.92. The molecule has 0 bridgehead atoms. The van der Waals surface area contributed by atoms with Gasteiger partial charge in [0.2, 0.25) is 0 Å². The van der Waals surface area contributed by atoms with Crippen LogP contribution in [0.5, 0.6) is 5.75 Å². The fourth-order valence-corrected chi connectivity index (χ4v) is 4.01. The number of nitrogens with zero attached hydrogens (tertiary/aromatic N) is 4. The lowest BCUT2D eigenvalue weighted by atomic mass is 9.95. The number of aromatic amines is 1. The van der Waals surface area contributed by atoms with Gasteiger partial charge in [0.25, 0.3) is 5.95 Å². The molecule has 3 heterocycles. The average Bonchev–Trinajstić information content (AvgIpc) is 3.28. The predicted molar refractivity (Wildman–Crippen MR) is 131 cm³/mol. The lowest BCUT2D eigenvalue weighted by Gasteiger charge is -2.23. The number of benzene rings is 2. The van der Waals surface area contributed by atoms with Crippen LogP contribution in [0.1, 0.15) is 40.5 Å². The lowest BCUT2D eigenvalue weighted by Crippen LogP contribution is -2.18. The SMILES string of the molecule is C#Cc1cc(C(Nc2ccc(C(=N)N)cc2)c2nn(-c3ncccn3)c(=O)[nH]2)cc2c1OCCC2. The fraction of sp³-hybridized carbons (Fsp3) is 0.160. The molecule has 10 nitrogen and oxygen atoms in total. The summed E-state index contributed by atoms with van der Waals surface area (Å²) in [5, 5.41) is 15.5. The van der Waals surface area contributed by atoms with Gasteiger partial charge in [-0.05, 0) is 66.4 Å². The molecule has 174 valence electrons. The van der Waals surface area contributed by atoms with E-state index < -0.39 is 11.7 Å². The Hall–Kier alpha value is -4.91. The number of amidine groups is 1. The number of hydrogen-bond acceptors (Lipinski definition) is 7. The Kier molecular flexibility index (Phi) is 5.73. The van der Waals surface area contributed by atoms with E-state index in [0.717, 1.165) is 40.1 Å². The first-order chi connectivity index (χ1) is 17.0. The summed E-state index contributed by atoms with van der Waals surface area (Å²) < 4.78 is 6.95. The average molecular weight is 467 g/mol. The smallest absolute Gasteiger partial charge is 0.350 e. The van der Waals surface area contributed by atoms with Crippen molar-refractivity contribution in [2.24, 2.45) is 5.73 Å². The van der Waals surface area contributed by atoms with E-state index in [1.165, 1.54) is 12.4 Å². The fourth-order valence-electron chi connectivity index (χ4n) is 4.01. The zero-order valence-corrected chi connectivity index (χ0v) is 18.7. The van der Waals surface area contributed by atoms with E-state index in [-0.39, 0.29) is 11.8 Å². The van der Waals surface area contributed by atoms with Gasteiger partial charge >= 0.3 is 5.69 Å². The maximum absolute atomic E-state index is 12.8. The standard InChI is InChI=1S/C25H22N8O2/c1-2-15-13-18(14-17-5-3-12-35-21(15)17)20(30-19-8-6-16(7-9-19)22(26)27)23-31-25(34)33(32-23)24-28-10-4-11-29-24/h1,4,6-11,13-14,20,30H,3,5,12H2,(H3,26,27)(H,31,32,34). The van der Waals surface area contributed by atoms with Gasteiger partial charge in [-0.3, -0.25) is 10.4 Å². The number of fused-ring (bicyclic) bond motifs is 1. The number of aromatic nitrogens is 5. The summed E-state index contributed by atoms with van der Waals surface area (Å²) in [5.74, 6) is 3.94. The zero-order valence-electron chi connectivity index (χ0n) is 18.7. The van der Waals surface area contributed by atoms with Crippen molar-refractivity contribution >= 4 is 11.5 Å². The van der Waals surface area contributed by atoms with Gasteiger partial charge in [-0.15, -0.1) is 16.2 Å². The van der Waals surface area contributed by atoms with Crippen LogP contribution in [-0.4, -0.2) is 37.2 Å². The third-order valence-electron chi connectivity index (χ3n) is 5.67. The van der Waals surface area contributed by atoms with E-state index in [1.54, 1.807) is 18.2 Å². The van der Waals surface area contributed by atoms with Crippen molar-refractivity contribution < 1.29 is 4.74 Å². The van der Waals surface area contributed by atoms with Crippen molar-refractivity contribution in [2.45, 2.75) is 18.9 Å². The number of hydrogen-bond donors (Lipinski definition) is 4. The van der Waals surface area contributed by atoms with E-state index in [9.17, 15) is 4.79 Å². The van der Waals surface area contributed by atoms with Crippen molar-refractivity contribution in [3.8, 4) is 24.0 Å². The second-order valence-corrected chi connectivity index (χ2v) is 8.00. The van der Waals surface area contributed by atoms with Crippen LogP contribution in [-0.2, 0) is 6.42 Å². The Bertz CT molecular complexity index is 1480. The molecule has 0 spiro atoms. The third-order valence-corrected chi connectivity index (χ3v) is 5.67. The molecule has 1 atom stereocenters. The number of nitrogens with two attached hydrogens (primary N) is 1. The molecule has 0 radical (unpaired) electrons. The quantitative estimate of drug-likeness (QED) is 0.193. The van der Waals surface area contributed by atoms with Crippen LogP contribution in [0.25, 0.3) is 5.95 Å². The van der Waals surface area contributed by atoms with Gasteiger partial charge in [-0.1, -0.05) is 5.92 Å². The van der Waals surface area contributed by atoms with E-state index in [4.69, 9.17) is 22.3 Å². The molecule has 5 N–H and O–H groups in total. The molecule has 0 fully saturated rings. The normalized spacial score (nSPS) is 13.2.